The molecular weight excluding hydrogens is 382 g/mol. The third-order valence-corrected chi connectivity index (χ3v) is 6.31. The highest BCUT2D eigenvalue weighted by Crippen LogP contribution is 2.27. The lowest BCUT2D eigenvalue weighted by Crippen LogP contribution is -2.46. The van der Waals surface area contributed by atoms with Gasteiger partial charge in [0.2, 0.25) is 5.91 Å². The molecule has 4 rings (SSSR count). The first-order valence-corrected chi connectivity index (χ1v) is 11.2. The topological polar surface area (TPSA) is 26.8 Å². The molecule has 154 valence electrons. The molecule has 0 bridgehead atoms. The summed E-state index contributed by atoms with van der Waals surface area (Å²) >= 11 is 6.13. The number of nitrogens with zero attached hydrogens (tertiary/aromatic N) is 3. The molecule has 1 fully saturated rings. The lowest BCUT2D eigenvalue weighted by atomic mass is 10.1. The van der Waals surface area contributed by atoms with E-state index in [0.29, 0.717) is 6.42 Å². The van der Waals surface area contributed by atoms with Crippen molar-refractivity contribution in [2.75, 3.05) is 49.1 Å². The number of hydrogen-bond acceptors (Lipinski definition) is 3. The van der Waals surface area contributed by atoms with Crippen LogP contribution in [0.25, 0.3) is 0 Å². The molecule has 0 aliphatic carbocycles. The number of piperazine rings is 1. The van der Waals surface area contributed by atoms with Gasteiger partial charge >= 0.3 is 0 Å². The molecular formula is C24H30ClN3O. The summed E-state index contributed by atoms with van der Waals surface area (Å²) in [6.07, 6.45) is 4.82. The standard InChI is InChI=1S/C24H30ClN3O/c25-21-9-6-10-22(19-21)27-17-15-26(16-18-27)13-3-4-14-28-23-11-2-1-7-20(23)8-5-12-24(28)29/h1-2,6-7,9-11,19H,3-5,8,12-18H2. The molecule has 0 atom stereocenters. The number of para-hydroxylation sites is 1. The molecule has 2 aliphatic heterocycles. The summed E-state index contributed by atoms with van der Waals surface area (Å²) in [5.41, 5.74) is 3.66. The summed E-state index contributed by atoms with van der Waals surface area (Å²) in [5, 5.41) is 0.801. The lowest BCUT2D eigenvalue weighted by Gasteiger charge is -2.36. The number of amides is 1. The van der Waals surface area contributed by atoms with Crippen LogP contribution in [-0.4, -0.2) is 50.1 Å². The molecule has 2 aromatic carbocycles. The van der Waals surface area contributed by atoms with Crippen molar-refractivity contribution in [2.24, 2.45) is 0 Å². The number of rotatable bonds is 6. The zero-order valence-corrected chi connectivity index (χ0v) is 17.8. The van der Waals surface area contributed by atoms with Gasteiger partial charge in [-0.25, -0.2) is 0 Å². The van der Waals surface area contributed by atoms with Gasteiger partial charge in [0.1, 0.15) is 0 Å². The Morgan fingerprint density at radius 3 is 2.48 bits per heavy atom. The third-order valence-electron chi connectivity index (χ3n) is 6.07. The SMILES string of the molecule is O=C1CCCc2ccccc2N1CCCCN1CCN(c2cccc(Cl)c2)CC1. The first-order chi connectivity index (χ1) is 14.2. The van der Waals surface area contributed by atoms with E-state index in [1.165, 1.54) is 11.3 Å². The fraction of sp³-hybridized carbons (Fsp3) is 0.458. The van der Waals surface area contributed by atoms with E-state index < -0.39 is 0 Å². The van der Waals surface area contributed by atoms with Gasteiger partial charge in [-0.15, -0.1) is 0 Å². The van der Waals surface area contributed by atoms with E-state index >= 15 is 0 Å². The molecule has 2 aliphatic rings. The predicted molar refractivity (Wildman–Crippen MR) is 121 cm³/mol. The summed E-state index contributed by atoms with van der Waals surface area (Å²) in [5.74, 6) is 0.282. The van der Waals surface area contributed by atoms with Crippen LogP contribution in [0, 0.1) is 0 Å². The number of unbranched alkanes of at least 4 members (excludes halogenated alkanes) is 1. The van der Waals surface area contributed by atoms with Crippen LogP contribution in [0.5, 0.6) is 0 Å². The van der Waals surface area contributed by atoms with Gasteiger partial charge in [0, 0.05) is 55.5 Å². The van der Waals surface area contributed by atoms with Gasteiger partial charge in [-0.3, -0.25) is 9.69 Å². The second-order valence-corrected chi connectivity index (χ2v) is 8.48. The minimum atomic E-state index is 0.282. The maximum absolute atomic E-state index is 12.6. The van der Waals surface area contributed by atoms with Gasteiger partial charge in [0.05, 0.1) is 0 Å². The van der Waals surface area contributed by atoms with Gasteiger partial charge in [0.25, 0.3) is 0 Å². The molecule has 4 nitrogen and oxygen atoms in total. The highest BCUT2D eigenvalue weighted by molar-refractivity contribution is 6.30. The summed E-state index contributed by atoms with van der Waals surface area (Å²) < 4.78 is 0. The minimum absolute atomic E-state index is 0.282. The Balaban J connectivity index is 1.23. The molecule has 2 aromatic rings. The number of carbonyl (C=O) groups excluding carboxylic acids is 1. The van der Waals surface area contributed by atoms with Crippen LogP contribution in [0.2, 0.25) is 5.02 Å². The minimum Gasteiger partial charge on any atom is -0.369 e. The number of aryl methyl sites for hydroxylation is 1. The first kappa shape index (κ1) is 20.2. The molecule has 1 amide bonds. The van der Waals surface area contributed by atoms with E-state index in [4.69, 9.17) is 11.6 Å². The summed E-state index contributed by atoms with van der Waals surface area (Å²) in [7, 11) is 0. The van der Waals surface area contributed by atoms with E-state index in [1.54, 1.807) is 0 Å². The average Bonchev–Trinajstić information content (AvgIpc) is 2.90. The van der Waals surface area contributed by atoms with Crippen LogP contribution in [0.4, 0.5) is 11.4 Å². The van der Waals surface area contributed by atoms with Gasteiger partial charge in [-0.05, 0) is 62.1 Å². The Labute approximate surface area is 179 Å². The Morgan fingerprint density at radius 1 is 0.862 bits per heavy atom. The molecule has 5 heteroatoms. The lowest BCUT2D eigenvalue weighted by molar-refractivity contribution is -0.118. The van der Waals surface area contributed by atoms with Crippen LogP contribution < -0.4 is 9.80 Å². The molecule has 0 N–H and O–H groups in total. The number of carbonyl (C=O) groups is 1. The van der Waals surface area contributed by atoms with Crippen molar-refractivity contribution in [3.05, 3.63) is 59.1 Å². The van der Waals surface area contributed by atoms with Crippen molar-refractivity contribution in [1.82, 2.24) is 4.90 Å². The zero-order chi connectivity index (χ0) is 20.1. The Bertz CT molecular complexity index is 832. The van der Waals surface area contributed by atoms with Crippen molar-refractivity contribution in [3.8, 4) is 0 Å². The fourth-order valence-electron chi connectivity index (χ4n) is 4.44. The largest absolute Gasteiger partial charge is 0.369 e. The zero-order valence-electron chi connectivity index (χ0n) is 17.0. The van der Waals surface area contributed by atoms with Gasteiger partial charge in [-0.2, -0.15) is 0 Å². The number of benzene rings is 2. The monoisotopic (exact) mass is 411 g/mol. The van der Waals surface area contributed by atoms with Gasteiger partial charge < -0.3 is 9.80 Å². The molecule has 0 unspecified atom stereocenters. The highest BCUT2D eigenvalue weighted by atomic mass is 35.5. The maximum Gasteiger partial charge on any atom is 0.226 e. The van der Waals surface area contributed by atoms with Crippen LogP contribution in [0.1, 0.15) is 31.2 Å². The second-order valence-electron chi connectivity index (χ2n) is 8.04. The highest BCUT2D eigenvalue weighted by Gasteiger charge is 2.22. The number of halogens is 1. The number of anilines is 2. The molecule has 0 saturated carbocycles. The molecule has 2 heterocycles. The normalized spacial score (nSPS) is 17.9. The Hall–Kier alpha value is -2.04. The van der Waals surface area contributed by atoms with E-state index in [-0.39, 0.29) is 5.91 Å². The first-order valence-electron chi connectivity index (χ1n) is 10.8. The predicted octanol–water partition coefficient (Wildman–Crippen LogP) is 4.61. The molecule has 1 saturated heterocycles. The van der Waals surface area contributed by atoms with E-state index in [9.17, 15) is 4.79 Å². The van der Waals surface area contributed by atoms with Gasteiger partial charge in [-0.1, -0.05) is 35.9 Å². The molecule has 29 heavy (non-hydrogen) atoms. The summed E-state index contributed by atoms with van der Waals surface area (Å²) in [6.45, 7) is 6.18. The quantitative estimate of drug-likeness (QED) is 0.649. The number of fused-ring (bicyclic) bond motifs is 1. The number of hydrogen-bond donors (Lipinski definition) is 0. The molecule has 0 spiro atoms. The van der Waals surface area contributed by atoms with Crippen molar-refractivity contribution in [1.29, 1.82) is 0 Å². The summed E-state index contributed by atoms with van der Waals surface area (Å²) in [6, 6.07) is 16.5. The van der Waals surface area contributed by atoms with Crippen LogP contribution in [0.15, 0.2) is 48.5 Å². The van der Waals surface area contributed by atoms with Crippen molar-refractivity contribution in [3.63, 3.8) is 0 Å². The van der Waals surface area contributed by atoms with Crippen molar-refractivity contribution < 1.29 is 4.79 Å². The van der Waals surface area contributed by atoms with E-state index in [2.05, 4.69) is 34.1 Å². The van der Waals surface area contributed by atoms with Crippen molar-refractivity contribution in [2.45, 2.75) is 32.1 Å². The summed E-state index contributed by atoms with van der Waals surface area (Å²) in [4.78, 5) is 19.5. The van der Waals surface area contributed by atoms with Crippen LogP contribution in [-0.2, 0) is 11.2 Å². The second kappa shape index (κ2) is 9.64. The fourth-order valence-corrected chi connectivity index (χ4v) is 4.62. The van der Waals surface area contributed by atoms with E-state index in [0.717, 1.165) is 75.7 Å². The molecule has 0 aromatic heterocycles. The Morgan fingerprint density at radius 2 is 1.66 bits per heavy atom. The maximum atomic E-state index is 12.6. The Kier molecular flexibility index (Phi) is 6.73. The van der Waals surface area contributed by atoms with Crippen molar-refractivity contribution >= 4 is 28.9 Å². The average molecular weight is 412 g/mol. The van der Waals surface area contributed by atoms with Crippen LogP contribution >= 0.6 is 11.6 Å². The van der Waals surface area contributed by atoms with Gasteiger partial charge in [0.15, 0.2) is 0 Å². The third kappa shape index (κ3) is 5.12. The van der Waals surface area contributed by atoms with Crippen LogP contribution in [0.3, 0.4) is 0 Å². The smallest absolute Gasteiger partial charge is 0.226 e. The van der Waals surface area contributed by atoms with E-state index in [1.807, 2.05) is 29.2 Å². The molecule has 0 radical (unpaired) electrons.